The smallest absolute Gasteiger partial charge is 0.293 e. The van der Waals surface area contributed by atoms with Crippen molar-refractivity contribution in [2.45, 2.75) is 19.4 Å². The molecule has 8 heteroatoms. The van der Waals surface area contributed by atoms with Crippen LogP contribution in [0.15, 0.2) is 18.2 Å². The lowest BCUT2D eigenvalue weighted by Gasteiger charge is -2.34. The molecular formula is C13H13N3O5. The molecule has 1 atom stereocenters. The highest BCUT2D eigenvalue weighted by molar-refractivity contribution is 6.05. The van der Waals surface area contributed by atoms with Crippen LogP contribution in [-0.2, 0) is 9.59 Å². The Morgan fingerprint density at radius 3 is 2.76 bits per heavy atom. The molecule has 1 N–H and O–H groups in total. The largest absolute Gasteiger partial charge is 0.345 e. The number of amides is 2. The van der Waals surface area contributed by atoms with Crippen molar-refractivity contribution in [1.82, 2.24) is 5.32 Å². The van der Waals surface area contributed by atoms with E-state index in [0.717, 1.165) is 6.07 Å². The molecule has 0 bridgehead atoms. The minimum atomic E-state index is -0.663. The molecule has 0 aromatic heterocycles. The number of imide groups is 1. The summed E-state index contributed by atoms with van der Waals surface area (Å²) in [6.07, 6.45) is 0.897. The molecule has 1 aromatic rings. The highest BCUT2D eigenvalue weighted by Crippen LogP contribution is 2.31. The van der Waals surface area contributed by atoms with Gasteiger partial charge >= 0.3 is 0 Å². The Morgan fingerprint density at radius 1 is 1.48 bits per heavy atom. The van der Waals surface area contributed by atoms with Crippen LogP contribution in [-0.4, -0.2) is 35.6 Å². The summed E-state index contributed by atoms with van der Waals surface area (Å²) >= 11 is 0. The minimum absolute atomic E-state index is 0.147. The van der Waals surface area contributed by atoms with Crippen LogP contribution in [0.5, 0.6) is 0 Å². The van der Waals surface area contributed by atoms with E-state index in [4.69, 9.17) is 0 Å². The van der Waals surface area contributed by atoms with Gasteiger partial charge in [-0.3, -0.25) is 29.8 Å². The summed E-state index contributed by atoms with van der Waals surface area (Å²) in [5.41, 5.74) is 0.00693. The van der Waals surface area contributed by atoms with Crippen molar-refractivity contribution < 1.29 is 19.3 Å². The number of nitro groups is 1. The quantitative estimate of drug-likeness (QED) is 0.377. The number of carbonyl (C=O) groups is 3. The van der Waals surface area contributed by atoms with Gasteiger partial charge in [0.05, 0.1) is 11.5 Å². The molecule has 2 amide bonds. The van der Waals surface area contributed by atoms with E-state index in [-0.39, 0.29) is 23.5 Å². The van der Waals surface area contributed by atoms with Gasteiger partial charge < -0.3 is 4.90 Å². The Bertz CT molecular complexity index is 628. The predicted molar refractivity (Wildman–Crippen MR) is 73.1 cm³/mol. The minimum Gasteiger partial charge on any atom is -0.345 e. The fourth-order valence-electron chi connectivity index (χ4n) is 2.33. The number of hydrogen-bond acceptors (Lipinski definition) is 6. The molecule has 1 aromatic carbocycles. The van der Waals surface area contributed by atoms with Crippen LogP contribution in [0.25, 0.3) is 0 Å². The molecule has 0 radical (unpaired) electrons. The molecule has 1 fully saturated rings. The summed E-state index contributed by atoms with van der Waals surface area (Å²) in [6.45, 7) is 1.60. The molecule has 110 valence electrons. The van der Waals surface area contributed by atoms with Crippen molar-refractivity contribution in [3.05, 3.63) is 33.9 Å². The van der Waals surface area contributed by atoms with Gasteiger partial charge in [-0.1, -0.05) is 6.92 Å². The van der Waals surface area contributed by atoms with Crippen LogP contribution in [0.1, 0.15) is 23.7 Å². The second kappa shape index (κ2) is 5.70. The Labute approximate surface area is 119 Å². The lowest BCUT2D eigenvalue weighted by atomic mass is 10.1. The molecule has 0 aliphatic carbocycles. The Hall–Kier alpha value is -2.77. The molecule has 0 saturated carbocycles. The van der Waals surface area contributed by atoms with Gasteiger partial charge in [0.2, 0.25) is 11.8 Å². The zero-order chi connectivity index (χ0) is 15.6. The van der Waals surface area contributed by atoms with Gasteiger partial charge in [0, 0.05) is 11.6 Å². The number of anilines is 1. The van der Waals surface area contributed by atoms with E-state index < -0.39 is 22.8 Å². The number of aldehydes is 1. The van der Waals surface area contributed by atoms with Crippen molar-refractivity contribution >= 4 is 29.5 Å². The average molecular weight is 291 g/mol. The van der Waals surface area contributed by atoms with E-state index in [0.29, 0.717) is 12.7 Å². The van der Waals surface area contributed by atoms with Gasteiger partial charge in [-0.05, 0) is 18.6 Å². The average Bonchev–Trinajstić information content (AvgIpc) is 2.45. The third kappa shape index (κ3) is 2.73. The Morgan fingerprint density at radius 2 is 2.19 bits per heavy atom. The number of nitro benzene ring substituents is 1. The van der Waals surface area contributed by atoms with Crippen LogP contribution in [0.3, 0.4) is 0 Å². The van der Waals surface area contributed by atoms with Gasteiger partial charge in [-0.15, -0.1) is 0 Å². The van der Waals surface area contributed by atoms with Crippen molar-refractivity contribution in [3.63, 3.8) is 0 Å². The second-order valence-corrected chi connectivity index (χ2v) is 4.59. The lowest BCUT2D eigenvalue weighted by molar-refractivity contribution is -0.384. The first-order valence-electron chi connectivity index (χ1n) is 6.32. The summed E-state index contributed by atoms with van der Waals surface area (Å²) < 4.78 is 0. The number of carbonyl (C=O) groups excluding carboxylic acids is 3. The number of piperazine rings is 1. The molecule has 1 heterocycles. The first-order valence-corrected chi connectivity index (χ1v) is 6.32. The highest BCUT2D eigenvalue weighted by atomic mass is 16.6. The second-order valence-electron chi connectivity index (χ2n) is 4.59. The first-order chi connectivity index (χ1) is 9.97. The van der Waals surface area contributed by atoms with E-state index >= 15 is 0 Å². The number of hydrogen-bond donors (Lipinski definition) is 1. The summed E-state index contributed by atoms with van der Waals surface area (Å²) in [4.78, 5) is 46.0. The number of nitrogens with one attached hydrogen (secondary N) is 1. The fourth-order valence-corrected chi connectivity index (χ4v) is 2.33. The van der Waals surface area contributed by atoms with Crippen LogP contribution in [0.4, 0.5) is 11.4 Å². The van der Waals surface area contributed by atoms with E-state index in [1.54, 1.807) is 6.92 Å². The van der Waals surface area contributed by atoms with Gasteiger partial charge in [-0.25, -0.2) is 0 Å². The maximum atomic E-state index is 11.8. The molecule has 1 aliphatic heterocycles. The Kier molecular flexibility index (Phi) is 3.97. The van der Waals surface area contributed by atoms with E-state index in [1.165, 1.54) is 17.0 Å². The van der Waals surface area contributed by atoms with Crippen LogP contribution in [0, 0.1) is 10.1 Å². The van der Waals surface area contributed by atoms with Crippen molar-refractivity contribution in [1.29, 1.82) is 0 Å². The number of benzene rings is 1. The monoisotopic (exact) mass is 291 g/mol. The van der Waals surface area contributed by atoms with E-state index in [1.807, 2.05) is 0 Å². The van der Waals surface area contributed by atoms with E-state index in [9.17, 15) is 24.5 Å². The topological polar surface area (TPSA) is 110 Å². The zero-order valence-corrected chi connectivity index (χ0v) is 11.2. The van der Waals surface area contributed by atoms with Gasteiger partial charge in [0.25, 0.3) is 5.69 Å². The van der Waals surface area contributed by atoms with Crippen LogP contribution < -0.4 is 10.2 Å². The molecule has 2 rings (SSSR count). The summed E-state index contributed by atoms with van der Waals surface area (Å²) in [5.74, 6) is -0.999. The van der Waals surface area contributed by atoms with Gasteiger partial charge in [0.15, 0.2) is 0 Å². The highest BCUT2D eigenvalue weighted by Gasteiger charge is 2.35. The zero-order valence-electron chi connectivity index (χ0n) is 11.2. The fraction of sp³-hybridized carbons (Fsp3) is 0.308. The molecule has 8 nitrogen and oxygen atoms in total. The maximum absolute atomic E-state index is 11.8. The van der Waals surface area contributed by atoms with E-state index in [2.05, 4.69) is 5.32 Å². The van der Waals surface area contributed by atoms with Crippen LogP contribution >= 0.6 is 0 Å². The summed E-state index contributed by atoms with van der Waals surface area (Å²) in [5, 5.41) is 13.4. The third-order valence-electron chi connectivity index (χ3n) is 3.28. The molecule has 0 spiro atoms. The molecule has 1 saturated heterocycles. The lowest BCUT2D eigenvalue weighted by Crippen LogP contribution is -2.58. The van der Waals surface area contributed by atoms with Gasteiger partial charge in [0.1, 0.15) is 18.0 Å². The number of rotatable bonds is 4. The predicted octanol–water partition coefficient (Wildman–Crippen LogP) is 0.649. The summed E-state index contributed by atoms with van der Waals surface area (Å²) in [6, 6.07) is 3.27. The van der Waals surface area contributed by atoms with Crippen molar-refractivity contribution in [2.75, 3.05) is 11.4 Å². The van der Waals surface area contributed by atoms with Crippen LogP contribution in [0.2, 0.25) is 0 Å². The number of nitrogens with zero attached hydrogens (tertiary/aromatic N) is 2. The molecular weight excluding hydrogens is 278 g/mol. The maximum Gasteiger partial charge on any atom is 0.293 e. The third-order valence-corrected chi connectivity index (χ3v) is 3.28. The SMILES string of the molecule is CCC1C(=O)NC(=O)CN1c1ccc(C=O)cc1[N+](=O)[O-]. The molecule has 21 heavy (non-hydrogen) atoms. The summed E-state index contributed by atoms with van der Waals surface area (Å²) in [7, 11) is 0. The molecule has 1 unspecified atom stereocenters. The van der Waals surface area contributed by atoms with Crippen molar-refractivity contribution in [3.8, 4) is 0 Å². The molecule has 1 aliphatic rings. The standard InChI is InChI=1S/C13H13N3O5/c1-2-9-13(19)14-12(18)6-15(9)10-4-3-8(7-17)5-11(10)16(20)21/h3-5,7,9H,2,6H2,1H3,(H,14,18,19). The van der Waals surface area contributed by atoms with Crippen molar-refractivity contribution in [2.24, 2.45) is 0 Å². The normalized spacial score (nSPS) is 18.3. The Balaban J connectivity index is 2.52. The van der Waals surface area contributed by atoms with Gasteiger partial charge in [-0.2, -0.15) is 0 Å². The first kappa shape index (κ1) is 14.6.